The van der Waals surface area contributed by atoms with Gasteiger partial charge in [-0.15, -0.1) is 0 Å². The summed E-state index contributed by atoms with van der Waals surface area (Å²) < 4.78 is 9.95. The van der Waals surface area contributed by atoms with Gasteiger partial charge < -0.3 is 9.47 Å². The Bertz CT molecular complexity index is 294. The molecule has 3 heteroatoms. The molecule has 0 aliphatic carbocycles. The van der Waals surface area contributed by atoms with Crippen molar-refractivity contribution in [2.75, 3.05) is 14.2 Å². The topological polar surface area (TPSA) is 30.8 Å². The highest BCUT2D eigenvalue weighted by molar-refractivity contribution is 5.79. The molecule has 3 nitrogen and oxygen atoms in total. The first kappa shape index (κ1) is 8.62. The van der Waals surface area contributed by atoms with Crippen LogP contribution in [0.15, 0.2) is 34.0 Å². The van der Waals surface area contributed by atoms with Crippen molar-refractivity contribution < 1.29 is 9.47 Å². The molecule has 0 radical (unpaired) electrons. The Hall–Kier alpha value is -1.47. The molecule has 1 aliphatic heterocycles. The van der Waals surface area contributed by atoms with Gasteiger partial charge >= 0.3 is 0 Å². The predicted octanol–water partition coefficient (Wildman–Crippen LogP) is 1.63. The minimum Gasteiger partial charge on any atom is -0.489 e. The van der Waals surface area contributed by atoms with Gasteiger partial charge in [0.15, 0.2) is 5.76 Å². The van der Waals surface area contributed by atoms with E-state index >= 15 is 0 Å². The number of allylic oxidation sites excluding steroid dienone is 2. The Morgan fingerprint density at radius 3 is 2.67 bits per heavy atom. The molecule has 0 fully saturated rings. The largest absolute Gasteiger partial charge is 0.489 e. The second-order valence-corrected chi connectivity index (χ2v) is 2.35. The van der Waals surface area contributed by atoms with E-state index in [1.807, 2.05) is 13.0 Å². The number of nitrogens with zero attached hydrogens (tertiary/aromatic N) is 1. The summed E-state index contributed by atoms with van der Waals surface area (Å²) in [5.74, 6) is 1.06. The van der Waals surface area contributed by atoms with Crippen molar-refractivity contribution in [2.24, 2.45) is 4.99 Å². The molecule has 0 saturated carbocycles. The fourth-order valence-electron chi connectivity index (χ4n) is 0.792. The molecule has 64 valence electrons. The van der Waals surface area contributed by atoms with Crippen LogP contribution in [0.2, 0.25) is 0 Å². The number of rotatable bonds is 2. The van der Waals surface area contributed by atoms with Gasteiger partial charge in [0, 0.05) is 6.21 Å². The highest BCUT2D eigenvalue weighted by Crippen LogP contribution is 2.07. The third-order valence-corrected chi connectivity index (χ3v) is 1.39. The van der Waals surface area contributed by atoms with Crippen molar-refractivity contribution in [2.45, 2.75) is 6.92 Å². The minimum absolute atomic E-state index is 0.431. The van der Waals surface area contributed by atoms with Crippen LogP contribution in [0.25, 0.3) is 0 Å². The summed E-state index contributed by atoms with van der Waals surface area (Å²) in [5.41, 5.74) is 3.87. The number of ether oxygens (including phenoxy) is 2. The molecule has 0 spiro atoms. The second-order valence-electron chi connectivity index (χ2n) is 2.35. The summed E-state index contributed by atoms with van der Waals surface area (Å²) in [4.78, 5) is 4.01. The lowest BCUT2D eigenvalue weighted by molar-refractivity contribution is 0.281. The molecule has 0 bridgehead atoms. The molecule has 0 unspecified atom stereocenters. The van der Waals surface area contributed by atoms with Gasteiger partial charge in [0.25, 0.3) is 5.88 Å². The van der Waals surface area contributed by atoms with Crippen LogP contribution in [0.1, 0.15) is 6.92 Å². The van der Waals surface area contributed by atoms with Gasteiger partial charge in [0.1, 0.15) is 0 Å². The summed E-state index contributed by atoms with van der Waals surface area (Å²) in [6.45, 7) is 1.93. The molecular formula is C9H11NO2. The molecule has 1 aliphatic rings. The van der Waals surface area contributed by atoms with Crippen LogP contribution in [-0.2, 0) is 9.47 Å². The van der Waals surface area contributed by atoms with E-state index in [9.17, 15) is 0 Å². The minimum atomic E-state index is 0.431. The van der Waals surface area contributed by atoms with E-state index in [0.717, 1.165) is 5.57 Å². The van der Waals surface area contributed by atoms with Gasteiger partial charge in [-0.2, -0.15) is 0 Å². The Morgan fingerprint density at radius 1 is 1.33 bits per heavy atom. The lowest BCUT2D eigenvalue weighted by Gasteiger charge is -1.95. The van der Waals surface area contributed by atoms with Gasteiger partial charge in [-0.25, -0.2) is 4.99 Å². The fraction of sp³-hybridized carbons (Fsp3) is 0.333. The summed E-state index contributed by atoms with van der Waals surface area (Å²) in [6, 6.07) is 0. The molecule has 0 aromatic carbocycles. The maximum Gasteiger partial charge on any atom is 0.263 e. The average molecular weight is 165 g/mol. The van der Waals surface area contributed by atoms with Crippen LogP contribution < -0.4 is 0 Å². The Kier molecular flexibility index (Phi) is 2.72. The monoisotopic (exact) mass is 165 g/mol. The molecule has 0 atom stereocenters. The summed E-state index contributed by atoms with van der Waals surface area (Å²) in [6.07, 6.45) is 3.55. The zero-order valence-corrected chi connectivity index (χ0v) is 7.42. The van der Waals surface area contributed by atoms with Crippen LogP contribution in [0.4, 0.5) is 0 Å². The molecule has 12 heavy (non-hydrogen) atoms. The summed E-state index contributed by atoms with van der Waals surface area (Å²) in [7, 11) is 3.14. The van der Waals surface area contributed by atoms with Gasteiger partial charge in [-0.05, 0) is 24.3 Å². The van der Waals surface area contributed by atoms with Crippen molar-refractivity contribution in [3.8, 4) is 0 Å². The number of aliphatic imine (C=N–C) groups is 1. The zero-order valence-electron chi connectivity index (χ0n) is 7.42. The van der Waals surface area contributed by atoms with Gasteiger partial charge in [0.2, 0.25) is 0 Å². The lowest BCUT2D eigenvalue weighted by atomic mass is 10.3. The van der Waals surface area contributed by atoms with E-state index in [1.165, 1.54) is 0 Å². The van der Waals surface area contributed by atoms with Crippen LogP contribution in [0.5, 0.6) is 0 Å². The standard InChI is InChI=1S/C9H11NO2/c1-7-4-8(11-2)5-9(12-3)10-6-7/h4,6H,1-3H3. The number of hydrogen-bond donors (Lipinski definition) is 0. The van der Waals surface area contributed by atoms with Gasteiger partial charge in [-0.1, -0.05) is 0 Å². The second kappa shape index (κ2) is 3.79. The van der Waals surface area contributed by atoms with E-state index in [-0.39, 0.29) is 0 Å². The van der Waals surface area contributed by atoms with Crippen molar-refractivity contribution >= 4 is 6.21 Å². The highest BCUT2D eigenvalue weighted by atomic mass is 16.5. The fourth-order valence-corrected chi connectivity index (χ4v) is 0.792. The lowest BCUT2D eigenvalue weighted by Crippen LogP contribution is -1.81. The average Bonchev–Trinajstić information content (AvgIpc) is 2.26. The highest BCUT2D eigenvalue weighted by Gasteiger charge is 1.98. The quantitative estimate of drug-likeness (QED) is 0.582. The third kappa shape index (κ3) is 2.01. The Morgan fingerprint density at radius 2 is 2.08 bits per heavy atom. The molecule has 0 N–H and O–H groups in total. The van der Waals surface area contributed by atoms with Gasteiger partial charge in [0.05, 0.1) is 14.2 Å². The van der Waals surface area contributed by atoms with Crippen molar-refractivity contribution in [1.29, 1.82) is 0 Å². The summed E-state index contributed by atoms with van der Waals surface area (Å²) in [5, 5.41) is 0. The van der Waals surface area contributed by atoms with Crippen LogP contribution in [0, 0.1) is 0 Å². The molecule has 0 aromatic heterocycles. The SMILES string of the molecule is COC1=C=C(OC)N=CC(C)=C1. The molecule has 0 saturated heterocycles. The maximum atomic E-state index is 5.02. The number of methoxy groups -OCH3 is 2. The first-order valence-corrected chi connectivity index (χ1v) is 3.57. The molecule has 1 rings (SSSR count). The van der Waals surface area contributed by atoms with Crippen LogP contribution in [-0.4, -0.2) is 20.4 Å². The van der Waals surface area contributed by atoms with Crippen molar-refractivity contribution in [1.82, 2.24) is 0 Å². The first-order valence-electron chi connectivity index (χ1n) is 3.57. The Balaban J connectivity index is 3.06. The number of hydrogen-bond acceptors (Lipinski definition) is 3. The van der Waals surface area contributed by atoms with E-state index in [0.29, 0.717) is 11.6 Å². The summed E-state index contributed by atoms with van der Waals surface area (Å²) >= 11 is 0. The normalized spacial score (nSPS) is 15.8. The Labute approximate surface area is 71.7 Å². The maximum absolute atomic E-state index is 5.02. The van der Waals surface area contributed by atoms with E-state index < -0.39 is 0 Å². The van der Waals surface area contributed by atoms with Crippen LogP contribution in [0.3, 0.4) is 0 Å². The van der Waals surface area contributed by atoms with Gasteiger partial charge in [-0.3, -0.25) is 0 Å². The van der Waals surface area contributed by atoms with Crippen molar-refractivity contribution in [3.63, 3.8) is 0 Å². The third-order valence-electron chi connectivity index (χ3n) is 1.39. The molecular weight excluding hydrogens is 154 g/mol. The van der Waals surface area contributed by atoms with Crippen LogP contribution >= 0.6 is 0 Å². The predicted molar refractivity (Wildman–Crippen MR) is 46.8 cm³/mol. The van der Waals surface area contributed by atoms with E-state index in [4.69, 9.17) is 9.47 Å². The zero-order chi connectivity index (χ0) is 8.97. The van der Waals surface area contributed by atoms with Crippen molar-refractivity contribution in [3.05, 3.63) is 29.0 Å². The van der Waals surface area contributed by atoms with E-state index in [1.54, 1.807) is 20.4 Å². The van der Waals surface area contributed by atoms with E-state index in [2.05, 4.69) is 10.7 Å². The molecule has 0 amide bonds. The molecule has 0 aromatic rings. The smallest absolute Gasteiger partial charge is 0.263 e. The first-order chi connectivity index (χ1) is 5.76. The molecule has 1 heterocycles.